The summed E-state index contributed by atoms with van der Waals surface area (Å²) in [5.74, 6) is 5.79. The second kappa shape index (κ2) is 22.0. The van der Waals surface area contributed by atoms with Crippen molar-refractivity contribution >= 4 is 0 Å². The zero-order valence-corrected chi connectivity index (χ0v) is 43.1. The summed E-state index contributed by atoms with van der Waals surface area (Å²) in [6.45, 7) is 14.0. The molecule has 0 amide bonds. The smallest absolute Gasteiger partial charge is 0.115 e. The Hall–Kier alpha value is -6.66. The predicted molar refractivity (Wildman–Crippen MR) is 292 cm³/mol. The van der Waals surface area contributed by atoms with E-state index in [1.807, 2.05) is 0 Å². The first-order valence-corrected chi connectivity index (χ1v) is 26.4. The molecule has 0 heterocycles. The second-order valence-electron chi connectivity index (χ2n) is 22.0. The van der Waals surface area contributed by atoms with E-state index in [1.165, 1.54) is 64.6 Å². The lowest BCUT2D eigenvalue weighted by Crippen LogP contribution is -2.44. The van der Waals surface area contributed by atoms with Crippen LogP contribution in [0.2, 0.25) is 0 Å². The largest absolute Gasteiger partial charge is 0.508 e. The number of rotatable bonds is 7. The van der Waals surface area contributed by atoms with Gasteiger partial charge in [0.05, 0.1) is 0 Å². The minimum Gasteiger partial charge on any atom is -0.508 e. The van der Waals surface area contributed by atoms with Gasteiger partial charge in [-0.25, -0.2) is 0 Å². The highest BCUT2D eigenvalue weighted by molar-refractivity contribution is 5.49. The number of hydrogen-bond donors (Lipinski definition) is 6. The van der Waals surface area contributed by atoms with E-state index in [-0.39, 0.29) is 16.2 Å². The van der Waals surface area contributed by atoms with Crippen molar-refractivity contribution in [3.63, 3.8) is 0 Å². The van der Waals surface area contributed by atoms with Gasteiger partial charge in [-0.3, -0.25) is 0 Å². The maximum Gasteiger partial charge on any atom is 0.115 e. The van der Waals surface area contributed by atoms with Gasteiger partial charge in [0.2, 0.25) is 0 Å². The highest BCUT2D eigenvalue weighted by Gasteiger charge is 2.48. The predicted octanol–water partition coefficient (Wildman–Crippen LogP) is 15.9. The van der Waals surface area contributed by atoms with Gasteiger partial charge in [0.15, 0.2) is 0 Å². The molecule has 3 fully saturated rings. The summed E-state index contributed by atoms with van der Waals surface area (Å²) in [7, 11) is 0. The lowest BCUT2D eigenvalue weighted by Gasteiger charge is -2.49. The quantitative estimate of drug-likeness (QED) is 0.0946. The third-order valence-corrected chi connectivity index (χ3v) is 17.7. The Morgan fingerprint density at radius 1 is 0.347 bits per heavy atom. The van der Waals surface area contributed by atoms with E-state index < -0.39 is 0 Å². The van der Waals surface area contributed by atoms with E-state index in [0.29, 0.717) is 75.9 Å². The van der Waals surface area contributed by atoms with Crippen LogP contribution in [0.5, 0.6) is 34.5 Å². The first-order valence-electron chi connectivity index (χ1n) is 26.4. The summed E-state index contributed by atoms with van der Waals surface area (Å²) >= 11 is 0. The van der Waals surface area contributed by atoms with Crippen molar-refractivity contribution in [3.8, 4) is 34.5 Å². The van der Waals surface area contributed by atoms with Crippen molar-refractivity contribution in [2.45, 2.75) is 115 Å². The summed E-state index contributed by atoms with van der Waals surface area (Å²) in [6.07, 6.45) is 9.19. The van der Waals surface area contributed by atoms with E-state index in [4.69, 9.17) is 0 Å². The molecule has 0 aliphatic heterocycles. The molecule has 6 heteroatoms. The van der Waals surface area contributed by atoms with Crippen molar-refractivity contribution in [2.24, 2.45) is 35.5 Å². The van der Waals surface area contributed by atoms with Crippen molar-refractivity contribution in [1.29, 1.82) is 0 Å². The molecular weight excluding hydrogens is 889 g/mol. The number of aromatic hydroxyl groups is 6. The Labute approximate surface area is 428 Å². The fourth-order valence-electron chi connectivity index (χ4n) is 13.7. The Balaban J connectivity index is 0.000000145. The monoisotopic (exact) mass is 965 g/mol. The lowest BCUT2D eigenvalue weighted by molar-refractivity contribution is 0.129. The summed E-state index contributed by atoms with van der Waals surface area (Å²) in [4.78, 5) is 0. The number of phenols is 6. The first kappa shape index (κ1) is 51.7. The molecule has 3 aliphatic rings. The Morgan fingerprint density at radius 2 is 0.708 bits per heavy atom. The molecule has 6 N–H and O–H groups in total. The van der Waals surface area contributed by atoms with Crippen LogP contribution in [0.25, 0.3) is 0 Å². The van der Waals surface area contributed by atoms with E-state index in [0.717, 1.165) is 25.7 Å². The standard InChI is InChI=1S/C24H24O2.2C21H26O2/c25-21-13-9-19(10-14-21)24(20-11-15-22(26)16-12-20)17-5-4-8-23(24)18-6-2-1-3-7-18;1-14-12-16(3)21(13-15(14)2,17-4-8-19(22)9-5-17)18-6-10-20(23)11-7-18;1-14-12-15(2)16(3)21(13-14,17-4-8-19(22)9-5-17)18-6-10-20(23)11-7-18/h1-3,6-7,9-16,23,25-26H,4-5,8,17H2;2*4-11,14-16,22-23H,12-13H2,1-3H3. The highest BCUT2D eigenvalue weighted by Crippen LogP contribution is 2.56. The van der Waals surface area contributed by atoms with Gasteiger partial charge in [0.25, 0.3) is 0 Å². The summed E-state index contributed by atoms with van der Waals surface area (Å²) < 4.78 is 0. The third kappa shape index (κ3) is 10.5. The third-order valence-electron chi connectivity index (χ3n) is 17.7. The maximum atomic E-state index is 9.80. The second-order valence-corrected chi connectivity index (χ2v) is 22.0. The van der Waals surface area contributed by atoms with Crippen molar-refractivity contribution < 1.29 is 30.6 Å². The Morgan fingerprint density at radius 3 is 1.10 bits per heavy atom. The maximum absolute atomic E-state index is 9.80. The van der Waals surface area contributed by atoms with Crippen LogP contribution in [0.3, 0.4) is 0 Å². The fourth-order valence-corrected chi connectivity index (χ4v) is 13.7. The average Bonchev–Trinajstić information content (AvgIpc) is 3.38. The van der Waals surface area contributed by atoms with Crippen LogP contribution in [-0.2, 0) is 16.2 Å². The molecule has 0 saturated heterocycles. The van der Waals surface area contributed by atoms with Crippen LogP contribution < -0.4 is 0 Å². The van der Waals surface area contributed by atoms with E-state index in [9.17, 15) is 30.6 Å². The van der Waals surface area contributed by atoms with Crippen molar-refractivity contribution in [1.82, 2.24) is 0 Å². The van der Waals surface area contributed by atoms with Gasteiger partial charge in [-0.05, 0) is 192 Å². The normalized spacial score (nSPS) is 24.1. The minimum atomic E-state index is -0.152. The summed E-state index contributed by atoms with van der Waals surface area (Å²) in [6, 6.07) is 56.9. The molecular formula is C66H76O6. The zero-order chi connectivity index (χ0) is 51.2. The lowest BCUT2D eigenvalue weighted by atomic mass is 9.54. The van der Waals surface area contributed by atoms with E-state index >= 15 is 0 Å². The molecule has 7 unspecified atom stereocenters. The molecule has 7 atom stereocenters. The number of phenolic OH excluding ortho intramolecular Hbond substituents is 6. The molecule has 0 radical (unpaired) electrons. The van der Waals surface area contributed by atoms with Crippen LogP contribution in [0.15, 0.2) is 176 Å². The van der Waals surface area contributed by atoms with Crippen molar-refractivity contribution in [2.75, 3.05) is 0 Å². The zero-order valence-electron chi connectivity index (χ0n) is 43.1. The molecule has 72 heavy (non-hydrogen) atoms. The molecule has 3 saturated carbocycles. The fraction of sp³-hybridized carbons (Fsp3) is 0.364. The van der Waals surface area contributed by atoms with Gasteiger partial charge in [-0.1, -0.05) is 158 Å². The topological polar surface area (TPSA) is 121 Å². The molecule has 376 valence electrons. The number of hydrogen-bond acceptors (Lipinski definition) is 6. The van der Waals surface area contributed by atoms with Crippen LogP contribution >= 0.6 is 0 Å². The van der Waals surface area contributed by atoms with Crippen LogP contribution in [0.1, 0.15) is 138 Å². The SMILES string of the molecule is CC1CC(C)C(C)C(c2ccc(O)cc2)(c2ccc(O)cc2)C1.CC1CC(C)C(c2ccc(O)cc2)(c2ccc(O)cc2)CC1C.Oc1ccc(C2(c3ccc(O)cc3)CCCCC2c2ccccc2)cc1. The first-order chi connectivity index (χ1) is 34.6. The van der Waals surface area contributed by atoms with Gasteiger partial charge < -0.3 is 30.6 Å². The molecule has 3 aliphatic carbocycles. The molecule has 10 rings (SSSR count). The Bertz CT molecular complexity index is 2650. The molecule has 7 aromatic carbocycles. The van der Waals surface area contributed by atoms with E-state index in [2.05, 4.69) is 145 Å². The van der Waals surface area contributed by atoms with Gasteiger partial charge in [-0.15, -0.1) is 0 Å². The van der Waals surface area contributed by atoms with Gasteiger partial charge in [0, 0.05) is 16.2 Å². The minimum absolute atomic E-state index is 0.0622. The van der Waals surface area contributed by atoms with Crippen molar-refractivity contribution in [3.05, 3.63) is 215 Å². The molecule has 6 nitrogen and oxygen atoms in total. The van der Waals surface area contributed by atoms with Crippen LogP contribution in [0.4, 0.5) is 0 Å². The van der Waals surface area contributed by atoms with Gasteiger partial charge in [0.1, 0.15) is 34.5 Å². The van der Waals surface area contributed by atoms with Crippen LogP contribution in [-0.4, -0.2) is 30.6 Å². The van der Waals surface area contributed by atoms with Gasteiger partial charge >= 0.3 is 0 Å². The average molecular weight is 965 g/mol. The van der Waals surface area contributed by atoms with Gasteiger partial charge in [-0.2, -0.15) is 0 Å². The van der Waals surface area contributed by atoms with Crippen LogP contribution in [0, 0.1) is 35.5 Å². The molecule has 0 spiro atoms. The molecule has 0 bridgehead atoms. The Kier molecular flexibility index (Phi) is 15.8. The summed E-state index contributed by atoms with van der Waals surface area (Å²) in [5.41, 5.74) is 8.56. The summed E-state index contributed by atoms with van der Waals surface area (Å²) in [5, 5.41) is 58.3. The van der Waals surface area contributed by atoms with E-state index in [1.54, 1.807) is 72.8 Å². The highest BCUT2D eigenvalue weighted by atomic mass is 16.3. The molecule has 7 aromatic rings. The number of benzene rings is 7. The molecule has 0 aromatic heterocycles.